The van der Waals surface area contributed by atoms with Crippen LogP contribution in [0.3, 0.4) is 0 Å². The van der Waals surface area contributed by atoms with E-state index in [1.54, 1.807) is 0 Å². The van der Waals surface area contributed by atoms with E-state index < -0.39 is 0 Å². The molecule has 1 N–H and O–H groups in total. The molecule has 0 aliphatic rings. The molecule has 1 rings (SSSR count). The van der Waals surface area contributed by atoms with E-state index in [9.17, 15) is 0 Å². The molecule has 0 radical (unpaired) electrons. The number of hydrogen-bond donors (Lipinski definition) is 1. The van der Waals surface area contributed by atoms with E-state index in [1.165, 1.54) is 11.1 Å². The van der Waals surface area contributed by atoms with Crippen molar-refractivity contribution in [2.75, 3.05) is 13.2 Å². The van der Waals surface area contributed by atoms with Gasteiger partial charge in [0, 0.05) is 6.04 Å². The molecule has 1 aromatic carbocycles. The van der Waals surface area contributed by atoms with Crippen molar-refractivity contribution in [2.45, 2.75) is 59.4 Å². The van der Waals surface area contributed by atoms with Crippen LogP contribution >= 0.6 is 0 Å². The zero-order chi connectivity index (χ0) is 14.5. The van der Waals surface area contributed by atoms with Crippen LogP contribution < -0.4 is 10.1 Å². The number of benzene rings is 1. The highest BCUT2D eigenvalue weighted by Crippen LogP contribution is 2.27. The van der Waals surface area contributed by atoms with Crippen LogP contribution in [0.1, 0.15) is 52.2 Å². The molecule has 1 aromatic rings. The lowest BCUT2D eigenvalue weighted by Crippen LogP contribution is -2.24. The third-order valence-corrected chi connectivity index (χ3v) is 3.17. The van der Waals surface area contributed by atoms with Gasteiger partial charge in [-0.15, -0.1) is 0 Å². The Kier molecular flexibility index (Phi) is 5.86. The normalized spacial score (nSPS) is 11.9. The third kappa shape index (κ3) is 5.65. The molecule has 2 heteroatoms. The second-order valence-electron chi connectivity index (χ2n) is 6.54. The molecular formula is C17H29NO. The van der Waals surface area contributed by atoms with Crippen LogP contribution in [-0.4, -0.2) is 19.2 Å². The molecule has 0 fully saturated rings. The summed E-state index contributed by atoms with van der Waals surface area (Å²) in [7, 11) is 0. The van der Waals surface area contributed by atoms with Crippen molar-refractivity contribution in [1.29, 1.82) is 0 Å². The van der Waals surface area contributed by atoms with Gasteiger partial charge in [0.25, 0.3) is 0 Å². The van der Waals surface area contributed by atoms with E-state index in [4.69, 9.17) is 4.74 Å². The maximum Gasteiger partial charge on any atom is 0.122 e. The van der Waals surface area contributed by atoms with E-state index in [0.717, 1.165) is 25.3 Å². The van der Waals surface area contributed by atoms with Gasteiger partial charge in [-0.25, -0.2) is 0 Å². The minimum atomic E-state index is 0.199. The molecule has 2 nitrogen and oxygen atoms in total. The zero-order valence-electron chi connectivity index (χ0n) is 13.3. The molecule has 0 atom stereocenters. The van der Waals surface area contributed by atoms with Crippen molar-refractivity contribution in [3.05, 3.63) is 29.3 Å². The molecule has 0 saturated heterocycles. The summed E-state index contributed by atoms with van der Waals surface area (Å²) in [6, 6.07) is 7.06. The molecular weight excluding hydrogens is 234 g/mol. The van der Waals surface area contributed by atoms with Crippen molar-refractivity contribution in [3.8, 4) is 5.75 Å². The Morgan fingerprint density at radius 3 is 2.42 bits per heavy atom. The molecule has 0 amide bonds. The Morgan fingerprint density at radius 1 is 1.21 bits per heavy atom. The first kappa shape index (κ1) is 16.0. The van der Waals surface area contributed by atoms with Gasteiger partial charge in [0.05, 0.1) is 6.61 Å². The van der Waals surface area contributed by atoms with Crippen molar-refractivity contribution in [2.24, 2.45) is 0 Å². The van der Waals surface area contributed by atoms with Gasteiger partial charge >= 0.3 is 0 Å². The van der Waals surface area contributed by atoms with Crippen LogP contribution in [-0.2, 0) is 5.41 Å². The maximum atomic E-state index is 5.85. The largest absolute Gasteiger partial charge is 0.493 e. The maximum absolute atomic E-state index is 5.85. The lowest BCUT2D eigenvalue weighted by atomic mass is 9.86. The second kappa shape index (κ2) is 6.95. The average molecular weight is 263 g/mol. The Balaban J connectivity index is 2.47. The van der Waals surface area contributed by atoms with Crippen LogP contribution in [0.4, 0.5) is 0 Å². The van der Waals surface area contributed by atoms with Crippen molar-refractivity contribution < 1.29 is 4.74 Å². The number of hydrogen-bond acceptors (Lipinski definition) is 2. The Hall–Kier alpha value is -1.02. The number of rotatable bonds is 6. The Bertz CT molecular complexity index is 391. The first-order valence-corrected chi connectivity index (χ1v) is 7.28. The average Bonchev–Trinajstić information content (AvgIpc) is 2.28. The van der Waals surface area contributed by atoms with Gasteiger partial charge in [-0.3, -0.25) is 0 Å². The van der Waals surface area contributed by atoms with E-state index in [1.807, 2.05) is 0 Å². The number of ether oxygens (including phenoxy) is 1. The summed E-state index contributed by atoms with van der Waals surface area (Å²) in [5.74, 6) is 1.01. The van der Waals surface area contributed by atoms with E-state index >= 15 is 0 Å². The zero-order valence-corrected chi connectivity index (χ0v) is 13.3. The van der Waals surface area contributed by atoms with Crippen LogP contribution in [0.2, 0.25) is 0 Å². The van der Waals surface area contributed by atoms with Gasteiger partial charge in [0.2, 0.25) is 0 Å². The standard InChI is InChI=1S/C17H29NO/c1-13(2)18-10-7-11-19-16-9-8-15(12-14(16)3)17(4,5)6/h8-9,12-13,18H,7,10-11H2,1-6H3. The molecule has 0 bridgehead atoms. The van der Waals surface area contributed by atoms with Gasteiger partial charge in [-0.1, -0.05) is 46.8 Å². The summed E-state index contributed by atoms with van der Waals surface area (Å²) < 4.78 is 5.85. The Morgan fingerprint density at radius 2 is 1.89 bits per heavy atom. The second-order valence-corrected chi connectivity index (χ2v) is 6.54. The topological polar surface area (TPSA) is 21.3 Å². The Labute approximate surface area is 118 Å². The lowest BCUT2D eigenvalue weighted by Gasteiger charge is -2.20. The quantitative estimate of drug-likeness (QED) is 0.782. The summed E-state index contributed by atoms with van der Waals surface area (Å²) >= 11 is 0. The molecule has 0 aliphatic heterocycles. The first-order chi connectivity index (χ1) is 8.80. The highest BCUT2D eigenvalue weighted by molar-refractivity contribution is 5.38. The van der Waals surface area contributed by atoms with E-state index in [-0.39, 0.29) is 5.41 Å². The predicted molar refractivity (Wildman–Crippen MR) is 83.1 cm³/mol. The van der Waals surface area contributed by atoms with Gasteiger partial charge in [-0.2, -0.15) is 0 Å². The summed E-state index contributed by atoms with van der Waals surface area (Å²) in [4.78, 5) is 0. The molecule has 0 unspecified atom stereocenters. The van der Waals surface area contributed by atoms with Gasteiger partial charge in [0.1, 0.15) is 5.75 Å². The molecule has 0 aromatic heterocycles. The fraction of sp³-hybridized carbons (Fsp3) is 0.647. The fourth-order valence-corrected chi connectivity index (χ4v) is 1.92. The number of nitrogens with one attached hydrogen (secondary N) is 1. The molecule has 0 saturated carbocycles. The highest BCUT2D eigenvalue weighted by atomic mass is 16.5. The molecule has 108 valence electrons. The summed E-state index contributed by atoms with van der Waals surface area (Å²) in [5, 5.41) is 3.40. The SMILES string of the molecule is Cc1cc(C(C)(C)C)ccc1OCCCNC(C)C. The molecule has 19 heavy (non-hydrogen) atoms. The molecule has 0 heterocycles. The van der Waals surface area contributed by atoms with Crippen molar-refractivity contribution in [1.82, 2.24) is 5.32 Å². The van der Waals surface area contributed by atoms with Crippen LogP contribution in [0, 0.1) is 6.92 Å². The third-order valence-electron chi connectivity index (χ3n) is 3.17. The highest BCUT2D eigenvalue weighted by Gasteiger charge is 2.14. The molecule has 0 aliphatic carbocycles. The smallest absolute Gasteiger partial charge is 0.122 e. The van der Waals surface area contributed by atoms with Gasteiger partial charge in [0.15, 0.2) is 0 Å². The van der Waals surface area contributed by atoms with Gasteiger partial charge in [-0.05, 0) is 42.5 Å². The van der Waals surface area contributed by atoms with Crippen molar-refractivity contribution in [3.63, 3.8) is 0 Å². The lowest BCUT2D eigenvalue weighted by molar-refractivity contribution is 0.304. The number of aryl methyl sites for hydroxylation is 1. The molecule has 0 spiro atoms. The van der Waals surface area contributed by atoms with Crippen LogP contribution in [0.15, 0.2) is 18.2 Å². The summed E-state index contributed by atoms with van der Waals surface area (Å²) in [5.41, 5.74) is 2.79. The van der Waals surface area contributed by atoms with Gasteiger partial charge < -0.3 is 10.1 Å². The van der Waals surface area contributed by atoms with Crippen LogP contribution in [0.25, 0.3) is 0 Å². The van der Waals surface area contributed by atoms with E-state index in [0.29, 0.717) is 6.04 Å². The minimum absolute atomic E-state index is 0.199. The minimum Gasteiger partial charge on any atom is -0.493 e. The van der Waals surface area contributed by atoms with E-state index in [2.05, 4.69) is 65.1 Å². The van der Waals surface area contributed by atoms with Crippen LogP contribution in [0.5, 0.6) is 5.75 Å². The van der Waals surface area contributed by atoms with Crippen molar-refractivity contribution >= 4 is 0 Å². The first-order valence-electron chi connectivity index (χ1n) is 7.28. The fourth-order valence-electron chi connectivity index (χ4n) is 1.92. The monoisotopic (exact) mass is 263 g/mol. The summed E-state index contributed by atoms with van der Waals surface area (Å²) in [6.07, 6.45) is 1.04. The summed E-state index contributed by atoms with van der Waals surface area (Å²) in [6.45, 7) is 14.9. The predicted octanol–water partition coefficient (Wildman–Crippen LogP) is 4.06.